The monoisotopic (exact) mass is 373 g/mol. The molecule has 1 unspecified atom stereocenters. The fourth-order valence-electron chi connectivity index (χ4n) is 2.78. The number of hydrogen-bond acceptors (Lipinski definition) is 5. The molecule has 2 aromatic carbocycles. The normalized spacial score (nSPS) is 13.1. The Bertz CT molecular complexity index is 1080. The van der Waals surface area contributed by atoms with Crippen molar-refractivity contribution < 1.29 is 4.42 Å². The van der Waals surface area contributed by atoms with Gasteiger partial charge in [-0.05, 0) is 38.2 Å². The maximum Gasteiger partial charge on any atom is 0.421 e. The van der Waals surface area contributed by atoms with E-state index in [4.69, 9.17) is 21.0 Å². The smallest absolute Gasteiger partial charge is 0.408 e. The molecule has 0 radical (unpaired) electrons. The summed E-state index contributed by atoms with van der Waals surface area (Å²) >= 11 is 7.64. The Hall–Kier alpha value is -2.15. The molecule has 0 saturated heterocycles. The van der Waals surface area contributed by atoms with Crippen LogP contribution < -0.4 is 5.76 Å². The maximum atomic E-state index is 12.2. The van der Waals surface area contributed by atoms with Gasteiger partial charge in [-0.15, -0.1) is 11.3 Å². The van der Waals surface area contributed by atoms with Crippen LogP contribution >= 0.6 is 22.9 Å². The molecule has 2 aromatic heterocycles. The molecule has 0 fully saturated rings. The first-order chi connectivity index (χ1) is 12.0. The Labute approximate surface area is 153 Å². The Balaban J connectivity index is 1.64. The number of oxazole rings is 1. The highest BCUT2D eigenvalue weighted by Gasteiger charge is 2.19. The number of fused-ring (bicyclic) bond motifs is 2. The summed E-state index contributed by atoms with van der Waals surface area (Å²) in [5.74, 6) is -0.388. The molecule has 1 atom stereocenters. The molecule has 7 heteroatoms. The van der Waals surface area contributed by atoms with E-state index in [1.54, 1.807) is 34.1 Å². The minimum atomic E-state index is -0.388. The molecule has 4 rings (SSSR count). The van der Waals surface area contributed by atoms with Crippen LogP contribution in [0, 0.1) is 0 Å². The van der Waals surface area contributed by atoms with Crippen LogP contribution in [0.2, 0.25) is 5.02 Å². The lowest BCUT2D eigenvalue weighted by Crippen LogP contribution is -2.29. The molecule has 0 aliphatic carbocycles. The van der Waals surface area contributed by atoms with E-state index in [0.717, 1.165) is 16.0 Å². The molecule has 128 valence electrons. The lowest BCUT2D eigenvalue weighted by Gasteiger charge is -2.22. The third-order valence-electron chi connectivity index (χ3n) is 4.32. The van der Waals surface area contributed by atoms with E-state index in [1.165, 1.54) is 4.70 Å². The Morgan fingerprint density at radius 3 is 2.92 bits per heavy atom. The second-order valence-corrected chi connectivity index (χ2v) is 7.50. The topological polar surface area (TPSA) is 51.3 Å². The summed E-state index contributed by atoms with van der Waals surface area (Å²) in [7, 11) is 1.97. The zero-order valence-corrected chi connectivity index (χ0v) is 15.3. The summed E-state index contributed by atoms with van der Waals surface area (Å²) in [6.45, 7) is 2.49. The van der Waals surface area contributed by atoms with Gasteiger partial charge in [-0.2, -0.15) is 0 Å². The molecular weight excluding hydrogens is 358 g/mol. The van der Waals surface area contributed by atoms with Crippen LogP contribution in [0.25, 0.3) is 21.3 Å². The zero-order valence-electron chi connectivity index (χ0n) is 13.8. The van der Waals surface area contributed by atoms with Crippen LogP contribution in [0.1, 0.15) is 18.0 Å². The predicted octanol–water partition coefficient (Wildman–Crippen LogP) is 4.51. The quantitative estimate of drug-likeness (QED) is 0.528. The molecular formula is C18H16ClN3O2S. The van der Waals surface area contributed by atoms with E-state index in [-0.39, 0.29) is 11.8 Å². The lowest BCUT2D eigenvalue weighted by molar-refractivity contribution is 0.202. The van der Waals surface area contributed by atoms with Gasteiger partial charge in [-0.25, -0.2) is 9.78 Å². The summed E-state index contributed by atoms with van der Waals surface area (Å²) in [6, 6.07) is 13.4. The van der Waals surface area contributed by atoms with Gasteiger partial charge in [0.05, 0.1) is 28.4 Å². The van der Waals surface area contributed by atoms with Crippen LogP contribution in [0.4, 0.5) is 0 Å². The number of benzene rings is 2. The number of hydrogen-bond donors (Lipinski definition) is 0. The minimum Gasteiger partial charge on any atom is -0.408 e. The number of halogens is 1. The molecule has 2 heterocycles. The van der Waals surface area contributed by atoms with Gasteiger partial charge >= 0.3 is 5.76 Å². The van der Waals surface area contributed by atoms with Gasteiger partial charge in [0.2, 0.25) is 0 Å². The van der Waals surface area contributed by atoms with Crippen molar-refractivity contribution in [3.63, 3.8) is 0 Å². The van der Waals surface area contributed by atoms with Gasteiger partial charge in [-0.3, -0.25) is 9.47 Å². The Morgan fingerprint density at radius 2 is 2.12 bits per heavy atom. The largest absolute Gasteiger partial charge is 0.421 e. The molecule has 0 spiro atoms. The predicted molar refractivity (Wildman–Crippen MR) is 101 cm³/mol. The molecule has 0 amide bonds. The zero-order chi connectivity index (χ0) is 17.6. The van der Waals surface area contributed by atoms with Crippen LogP contribution in [0.5, 0.6) is 0 Å². The molecule has 5 nitrogen and oxygen atoms in total. The number of rotatable bonds is 4. The molecule has 0 aliphatic heterocycles. The second kappa shape index (κ2) is 6.29. The number of thiazole rings is 1. The highest BCUT2D eigenvalue weighted by Crippen LogP contribution is 2.29. The van der Waals surface area contributed by atoms with E-state index in [0.29, 0.717) is 17.3 Å². The average Bonchev–Trinajstić information content (AvgIpc) is 3.15. The van der Waals surface area contributed by atoms with Crippen molar-refractivity contribution in [3.8, 4) is 0 Å². The van der Waals surface area contributed by atoms with Gasteiger partial charge < -0.3 is 4.42 Å². The van der Waals surface area contributed by atoms with Crippen molar-refractivity contribution >= 4 is 44.3 Å². The maximum absolute atomic E-state index is 12.2. The first-order valence-electron chi connectivity index (χ1n) is 7.87. The van der Waals surface area contributed by atoms with E-state index >= 15 is 0 Å². The molecule has 4 aromatic rings. The van der Waals surface area contributed by atoms with Crippen LogP contribution in [-0.2, 0) is 6.67 Å². The Morgan fingerprint density at radius 1 is 1.32 bits per heavy atom. The van der Waals surface area contributed by atoms with Crippen molar-refractivity contribution in [2.24, 2.45) is 0 Å². The van der Waals surface area contributed by atoms with Crippen LogP contribution in [0.3, 0.4) is 0 Å². The molecule has 0 bridgehead atoms. The first-order valence-corrected chi connectivity index (χ1v) is 9.07. The highest BCUT2D eigenvalue weighted by molar-refractivity contribution is 7.18. The molecule has 0 saturated carbocycles. The van der Waals surface area contributed by atoms with Gasteiger partial charge in [0.25, 0.3) is 0 Å². The number of para-hydroxylation sites is 1. The van der Waals surface area contributed by atoms with E-state index in [1.807, 2.05) is 25.2 Å². The van der Waals surface area contributed by atoms with Gasteiger partial charge in [0, 0.05) is 11.1 Å². The van der Waals surface area contributed by atoms with Crippen molar-refractivity contribution in [1.82, 2.24) is 14.5 Å². The fraction of sp³-hybridized carbons (Fsp3) is 0.222. The first kappa shape index (κ1) is 16.3. The molecule has 0 N–H and O–H groups in total. The summed E-state index contributed by atoms with van der Waals surface area (Å²) in [4.78, 5) is 19.0. The average molecular weight is 374 g/mol. The number of nitrogens with zero attached hydrogens (tertiary/aromatic N) is 3. The third kappa shape index (κ3) is 2.97. The SMILES string of the molecule is CC(c1nc2ccccc2s1)N(C)Cn1c(=O)oc2cc(Cl)ccc21. The van der Waals surface area contributed by atoms with Crippen molar-refractivity contribution in [3.05, 3.63) is 63.0 Å². The summed E-state index contributed by atoms with van der Waals surface area (Å²) in [6.07, 6.45) is 0. The van der Waals surface area contributed by atoms with Crippen molar-refractivity contribution in [1.29, 1.82) is 0 Å². The van der Waals surface area contributed by atoms with Gasteiger partial charge in [-0.1, -0.05) is 23.7 Å². The second-order valence-electron chi connectivity index (χ2n) is 6.00. The van der Waals surface area contributed by atoms with Gasteiger partial charge in [0.1, 0.15) is 5.01 Å². The standard InChI is InChI=1S/C18H16ClN3O2S/c1-11(17-20-13-5-3-4-6-16(13)25-17)21(2)10-22-14-8-7-12(19)9-15(14)24-18(22)23/h3-9,11H,10H2,1-2H3. The molecule has 0 aliphatic rings. The third-order valence-corrected chi connectivity index (χ3v) is 5.77. The van der Waals surface area contributed by atoms with E-state index in [2.05, 4.69) is 17.9 Å². The van der Waals surface area contributed by atoms with Gasteiger partial charge in [0.15, 0.2) is 5.58 Å². The lowest BCUT2D eigenvalue weighted by atomic mass is 10.3. The minimum absolute atomic E-state index is 0.0709. The van der Waals surface area contributed by atoms with Crippen molar-refractivity contribution in [2.75, 3.05) is 7.05 Å². The van der Waals surface area contributed by atoms with Crippen LogP contribution in [0.15, 0.2) is 51.7 Å². The molecule has 25 heavy (non-hydrogen) atoms. The summed E-state index contributed by atoms with van der Waals surface area (Å²) in [5, 5.41) is 1.57. The number of aromatic nitrogens is 2. The summed E-state index contributed by atoms with van der Waals surface area (Å²) < 4.78 is 8.07. The van der Waals surface area contributed by atoms with Crippen molar-refractivity contribution in [2.45, 2.75) is 19.6 Å². The summed E-state index contributed by atoms with van der Waals surface area (Å²) in [5.41, 5.74) is 2.24. The van der Waals surface area contributed by atoms with E-state index < -0.39 is 0 Å². The van der Waals surface area contributed by atoms with E-state index in [9.17, 15) is 4.79 Å². The van der Waals surface area contributed by atoms with Crippen LogP contribution in [-0.4, -0.2) is 21.5 Å². The Kier molecular flexibility index (Phi) is 4.11. The highest BCUT2D eigenvalue weighted by atomic mass is 35.5. The fourth-order valence-corrected chi connectivity index (χ4v) is 4.02.